The van der Waals surface area contributed by atoms with E-state index in [-0.39, 0.29) is 6.10 Å². The molecule has 1 fully saturated rings. The van der Waals surface area contributed by atoms with Crippen molar-refractivity contribution in [2.24, 2.45) is 0 Å². The van der Waals surface area contributed by atoms with Crippen molar-refractivity contribution in [1.82, 2.24) is 4.31 Å². The summed E-state index contributed by atoms with van der Waals surface area (Å²) < 4.78 is 37.4. The largest absolute Gasteiger partial charge is 0.347 e. The van der Waals surface area contributed by atoms with Crippen molar-refractivity contribution in [2.45, 2.75) is 38.7 Å². The molecule has 22 heavy (non-hydrogen) atoms. The van der Waals surface area contributed by atoms with E-state index in [1.807, 2.05) is 32.0 Å². The number of hydrogen-bond donors (Lipinski definition) is 0. The number of benzene rings is 1. The zero-order valence-electron chi connectivity index (χ0n) is 12.9. The molecule has 1 unspecified atom stereocenters. The molecule has 6 heteroatoms. The molecule has 0 bridgehead atoms. The van der Waals surface area contributed by atoms with Crippen LogP contribution >= 0.6 is 0 Å². The maximum absolute atomic E-state index is 12.5. The molecule has 2 aliphatic heterocycles. The highest BCUT2D eigenvalue weighted by Gasteiger charge is 2.32. The van der Waals surface area contributed by atoms with E-state index in [2.05, 4.69) is 6.07 Å². The lowest BCUT2D eigenvalue weighted by molar-refractivity contribution is -0.133. The predicted molar refractivity (Wildman–Crippen MR) is 83.5 cm³/mol. The minimum absolute atomic E-state index is 0.318. The minimum atomic E-state index is -3.43. The van der Waals surface area contributed by atoms with Crippen molar-refractivity contribution in [3.05, 3.63) is 46.9 Å². The van der Waals surface area contributed by atoms with Crippen LogP contribution in [0.4, 0.5) is 0 Å². The SMILES string of the molecule is CC1(C)OCC(C=CS(=O)(=O)N2CCc3ccccc3C2)O1. The molecule has 3 rings (SSSR count). The molecule has 1 aromatic carbocycles. The van der Waals surface area contributed by atoms with Crippen molar-refractivity contribution in [2.75, 3.05) is 13.2 Å². The average molecular weight is 323 g/mol. The van der Waals surface area contributed by atoms with Gasteiger partial charge in [0.25, 0.3) is 0 Å². The standard InChI is InChI=1S/C16H21NO4S/c1-16(2)20-12-15(21-16)8-10-22(18,19)17-9-7-13-5-3-4-6-14(13)11-17/h3-6,8,10,15H,7,9,11-12H2,1-2H3. The van der Waals surface area contributed by atoms with Crippen LogP contribution in [-0.2, 0) is 32.5 Å². The third-order valence-electron chi connectivity index (χ3n) is 3.95. The number of hydrogen-bond acceptors (Lipinski definition) is 4. The van der Waals surface area contributed by atoms with Gasteiger partial charge in [0.2, 0.25) is 10.0 Å². The van der Waals surface area contributed by atoms with E-state index >= 15 is 0 Å². The maximum Gasteiger partial charge on any atom is 0.236 e. The summed E-state index contributed by atoms with van der Waals surface area (Å²) in [5, 5.41) is 1.25. The van der Waals surface area contributed by atoms with Crippen LogP contribution in [0.15, 0.2) is 35.7 Å². The van der Waals surface area contributed by atoms with Gasteiger partial charge in [-0.05, 0) is 37.5 Å². The average Bonchev–Trinajstić information content (AvgIpc) is 2.84. The topological polar surface area (TPSA) is 55.8 Å². The Hall–Kier alpha value is -1.21. The quantitative estimate of drug-likeness (QED) is 0.854. The smallest absolute Gasteiger partial charge is 0.236 e. The third-order valence-corrected chi connectivity index (χ3v) is 5.48. The van der Waals surface area contributed by atoms with Gasteiger partial charge in [0.15, 0.2) is 5.79 Å². The van der Waals surface area contributed by atoms with Crippen LogP contribution in [0.5, 0.6) is 0 Å². The molecule has 0 saturated carbocycles. The second kappa shape index (κ2) is 5.77. The molecule has 0 aliphatic carbocycles. The molecule has 1 atom stereocenters. The van der Waals surface area contributed by atoms with E-state index in [0.717, 1.165) is 12.0 Å². The number of sulfonamides is 1. The first-order valence-corrected chi connectivity index (χ1v) is 8.93. The van der Waals surface area contributed by atoms with Crippen LogP contribution in [0.1, 0.15) is 25.0 Å². The zero-order chi connectivity index (χ0) is 15.8. The lowest BCUT2D eigenvalue weighted by Crippen LogP contribution is -2.34. The van der Waals surface area contributed by atoms with E-state index < -0.39 is 15.8 Å². The highest BCUT2D eigenvalue weighted by molar-refractivity contribution is 7.92. The van der Waals surface area contributed by atoms with E-state index in [4.69, 9.17) is 9.47 Å². The third kappa shape index (κ3) is 3.41. The molecule has 1 saturated heterocycles. The molecule has 1 aromatic rings. The van der Waals surface area contributed by atoms with Crippen LogP contribution in [0, 0.1) is 0 Å². The Kier molecular flexibility index (Phi) is 4.11. The molecular weight excluding hydrogens is 302 g/mol. The first-order chi connectivity index (χ1) is 10.4. The van der Waals surface area contributed by atoms with Gasteiger partial charge in [0, 0.05) is 18.5 Å². The van der Waals surface area contributed by atoms with E-state index in [9.17, 15) is 8.42 Å². The Bertz CT molecular complexity index is 681. The Morgan fingerprint density at radius 3 is 2.68 bits per heavy atom. The second-order valence-electron chi connectivity index (χ2n) is 6.09. The molecule has 5 nitrogen and oxygen atoms in total. The van der Waals surface area contributed by atoms with Gasteiger partial charge >= 0.3 is 0 Å². The van der Waals surface area contributed by atoms with Gasteiger partial charge in [0.05, 0.1) is 6.61 Å². The van der Waals surface area contributed by atoms with Crippen LogP contribution in [0.3, 0.4) is 0 Å². The highest BCUT2D eigenvalue weighted by Crippen LogP contribution is 2.24. The van der Waals surface area contributed by atoms with Gasteiger partial charge in [-0.25, -0.2) is 8.42 Å². The Labute approximate surface area is 131 Å². The zero-order valence-corrected chi connectivity index (χ0v) is 13.7. The van der Waals surface area contributed by atoms with Crippen molar-refractivity contribution >= 4 is 10.0 Å². The Morgan fingerprint density at radius 2 is 2.00 bits per heavy atom. The lowest BCUT2D eigenvalue weighted by atomic mass is 10.0. The van der Waals surface area contributed by atoms with Gasteiger partial charge < -0.3 is 9.47 Å². The molecule has 0 aromatic heterocycles. The molecular formula is C16H21NO4S. The second-order valence-corrected chi connectivity index (χ2v) is 7.91. The highest BCUT2D eigenvalue weighted by atomic mass is 32.2. The fraction of sp³-hybridized carbons (Fsp3) is 0.500. The summed E-state index contributed by atoms with van der Waals surface area (Å²) in [6.07, 6.45) is 2.01. The number of nitrogens with zero attached hydrogens (tertiary/aromatic N) is 1. The summed E-state index contributed by atoms with van der Waals surface area (Å²) in [5.74, 6) is -0.650. The van der Waals surface area contributed by atoms with Crippen molar-refractivity contribution in [1.29, 1.82) is 0 Å². The lowest BCUT2D eigenvalue weighted by Gasteiger charge is -2.26. The van der Waals surface area contributed by atoms with Crippen molar-refractivity contribution in [3.63, 3.8) is 0 Å². The fourth-order valence-corrected chi connectivity index (χ4v) is 3.98. The number of ether oxygens (including phenoxy) is 2. The molecule has 0 spiro atoms. The van der Waals surface area contributed by atoms with Gasteiger partial charge in [-0.3, -0.25) is 0 Å². The van der Waals surface area contributed by atoms with Crippen LogP contribution in [0.2, 0.25) is 0 Å². The Morgan fingerprint density at radius 1 is 1.27 bits per heavy atom. The molecule has 120 valence electrons. The van der Waals surface area contributed by atoms with Crippen molar-refractivity contribution < 1.29 is 17.9 Å². The van der Waals surface area contributed by atoms with Crippen molar-refractivity contribution in [3.8, 4) is 0 Å². The van der Waals surface area contributed by atoms with E-state index in [1.165, 1.54) is 15.3 Å². The molecule has 0 radical (unpaired) electrons. The Balaban J connectivity index is 1.69. The first-order valence-electron chi connectivity index (χ1n) is 7.43. The van der Waals surface area contributed by atoms with Gasteiger partial charge in [-0.15, -0.1) is 0 Å². The van der Waals surface area contributed by atoms with Gasteiger partial charge in [0.1, 0.15) is 6.10 Å². The molecule has 0 N–H and O–H groups in total. The van der Waals surface area contributed by atoms with Gasteiger partial charge in [-0.2, -0.15) is 4.31 Å². The molecule has 0 amide bonds. The van der Waals surface area contributed by atoms with Gasteiger partial charge in [-0.1, -0.05) is 24.3 Å². The van der Waals surface area contributed by atoms with E-state index in [1.54, 1.807) is 6.08 Å². The van der Waals surface area contributed by atoms with Crippen LogP contribution in [0.25, 0.3) is 0 Å². The summed E-state index contributed by atoms with van der Waals surface area (Å²) in [7, 11) is -3.43. The fourth-order valence-electron chi connectivity index (χ4n) is 2.77. The van der Waals surface area contributed by atoms with E-state index in [0.29, 0.717) is 19.7 Å². The monoisotopic (exact) mass is 323 g/mol. The number of rotatable bonds is 3. The summed E-state index contributed by atoms with van der Waals surface area (Å²) in [6.45, 7) is 4.95. The molecule has 2 aliphatic rings. The maximum atomic E-state index is 12.5. The summed E-state index contributed by atoms with van der Waals surface area (Å²) in [5.41, 5.74) is 2.31. The minimum Gasteiger partial charge on any atom is -0.347 e. The first kappa shape index (κ1) is 15.7. The summed E-state index contributed by atoms with van der Waals surface area (Å²) >= 11 is 0. The number of fused-ring (bicyclic) bond motifs is 1. The summed E-state index contributed by atoms with van der Waals surface area (Å²) in [6, 6.07) is 7.97. The summed E-state index contributed by atoms with van der Waals surface area (Å²) in [4.78, 5) is 0. The van der Waals surface area contributed by atoms with Crippen LogP contribution in [-0.4, -0.2) is 37.8 Å². The van der Waals surface area contributed by atoms with Crippen LogP contribution < -0.4 is 0 Å². The predicted octanol–water partition coefficient (Wildman–Crippen LogP) is 2.04. The normalized spacial score (nSPS) is 25.5. The molecule has 2 heterocycles.